The summed E-state index contributed by atoms with van der Waals surface area (Å²) in [6, 6.07) is 11.7. The van der Waals surface area contributed by atoms with Gasteiger partial charge in [-0.1, -0.05) is 12.1 Å². The van der Waals surface area contributed by atoms with E-state index in [0.29, 0.717) is 25.3 Å². The molecule has 3 aromatic rings. The van der Waals surface area contributed by atoms with E-state index in [2.05, 4.69) is 20.9 Å². The van der Waals surface area contributed by atoms with Crippen LogP contribution in [0.3, 0.4) is 0 Å². The molecule has 136 valence electrons. The molecule has 0 saturated heterocycles. The Hall–Kier alpha value is -2.73. The topological polar surface area (TPSA) is 69.0 Å². The number of amides is 1. The van der Waals surface area contributed by atoms with Crippen molar-refractivity contribution in [1.82, 2.24) is 19.9 Å². The van der Waals surface area contributed by atoms with Crippen LogP contribution in [0.5, 0.6) is 0 Å². The van der Waals surface area contributed by atoms with Gasteiger partial charge in [0.25, 0.3) is 5.91 Å². The van der Waals surface area contributed by atoms with Gasteiger partial charge in [-0.2, -0.15) is 0 Å². The number of ether oxygens (including phenoxy) is 1. The predicted molar refractivity (Wildman–Crippen MR) is 101 cm³/mol. The second kappa shape index (κ2) is 9.10. The molecule has 1 aromatic carbocycles. The average Bonchev–Trinajstić information content (AvgIpc) is 3.03. The summed E-state index contributed by atoms with van der Waals surface area (Å²) in [5.41, 5.74) is 2.71. The minimum atomic E-state index is -0.0945. The molecule has 0 radical (unpaired) electrons. The zero-order valence-corrected chi connectivity index (χ0v) is 15.0. The number of pyridine rings is 1. The Morgan fingerprint density at radius 2 is 2.12 bits per heavy atom. The van der Waals surface area contributed by atoms with E-state index < -0.39 is 0 Å². The average molecular weight is 352 g/mol. The minimum Gasteiger partial charge on any atom is -0.380 e. The highest BCUT2D eigenvalue weighted by Gasteiger charge is 2.10. The monoisotopic (exact) mass is 352 g/mol. The molecule has 0 aliphatic carbocycles. The smallest absolute Gasteiger partial charge is 0.252 e. The van der Waals surface area contributed by atoms with Crippen LogP contribution >= 0.6 is 0 Å². The fourth-order valence-corrected chi connectivity index (χ4v) is 2.91. The third-order valence-corrected chi connectivity index (χ3v) is 4.18. The maximum absolute atomic E-state index is 12.0. The molecule has 2 heterocycles. The first-order valence-corrected chi connectivity index (χ1v) is 8.99. The Morgan fingerprint density at radius 3 is 2.92 bits per heavy atom. The van der Waals surface area contributed by atoms with Crippen LogP contribution in [-0.4, -0.2) is 40.2 Å². The Morgan fingerprint density at radius 1 is 1.23 bits per heavy atom. The fraction of sp³-hybridized carbons (Fsp3) is 0.350. The normalized spacial score (nSPS) is 11.0. The van der Waals surface area contributed by atoms with Crippen LogP contribution in [0.2, 0.25) is 0 Å². The minimum absolute atomic E-state index is 0.0945. The number of carbonyl (C=O) groups excluding carboxylic acids is 1. The first kappa shape index (κ1) is 18.1. The SMILES string of the molecule is CCOCCn1c(CCCNC(=O)c2cccnc2)nc2ccccc21. The predicted octanol–water partition coefficient (Wildman–Crippen LogP) is 2.83. The molecule has 0 spiro atoms. The number of benzene rings is 1. The molecule has 0 aliphatic rings. The lowest BCUT2D eigenvalue weighted by Crippen LogP contribution is -2.25. The van der Waals surface area contributed by atoms with Crippen LogP contribution in [0, 0.1) is 0 Å². The molecular weight excluding hydrogens is 328 g/mol. The fourth-order valence-electron chi connectivity index (χ4n) is 2.91. The van der Waals surface area contributed by atoms with E-state index in [1.54, 1.807) is 24.5 Å². The van der Waals surface area contributed by atoms with E-state index in [9.17, 15) is 4.79 Å². The van der Waals surface area contributed by atoms with Gasteiger partial charge in [0.2, 0.25) is 0 Å². The molecule has 0 fully saturated rings. The van der Waals surface area contributed by atoms with Crippen molar-refractivity contribution < 1.29 is 9.53 Å². The summed E-state index contributed by atoms with van der Waals surface area (Å²) in [5, 5.41) is 2.93. The molecule has 0 unspecified atom stereocenters. The van der Waals surface area contributed by atoms with E-state index in [-0.39, 0.29) is 5.91 Å². The highest BCUT2D eigenvalue weighted by molar-refractivity contribution is 5.93. The first-order chi connectivity index (χ1) is 12.8. The Kier molecular flexibility index (Phi) is 6.33. The maximum Gasteiger partial charge on any atom is 0.252 e. The van der Waals surface area contributed by atoms with Gasteiger partial charge in [-0.05, 0) is 37.6 Å². The second-order valence-corrected chi connectivity index (χ2v) is 5.97. The molecule has 6 nitrogen and oxygen atoms in total. The Bertz CT molecular complexity index is 845. The van der Waals surface area contributed by atoms with Crippen LogP contribution in [0.15, 0.2) is 48.8 Å². The van der Waals surface area contributed by atoms with Crippen LogP contribution in [0.1, 0.15) is 29.5 Å². The molecule has 1 N–H and O–H groups in total. The first-order valence-electron chi connectivity index (χ1n) is 8.99. The van der Waals surface area contributed by atoms with Crippen LogP contribution in [-0.2, 0) is 17.7 Å². The van der Waals surface area contributed by atoms with Crippen molar-refractivity contribution in [2.24, 2.45) is 0 Å². The van der Waals surface area contributed by atoms with Gasteiger partial charge < -0.3 is 14.6 Å². The van der Waals surface area contributed by atoms with Crippen molar-refractivity contribution in [1.29, 1.82) is 0 Å². The molecule has 3 rings (SSSR count). The molecule has 0 aliphatic heterocycles. The zero-order valence-electron chi connectivity index (χ0n) is 15.0. The van der Waals surface area contributed by atoms with Crippen molar-refractivity contribution >= 4 is 16.9 Å². The number of imidazole rings is 1. The van der Waals surface area contributed by atoms with Gasteiger partial charge >= 0.3 is 0 Å². The number of para-hydroxylation sites is 2. The van der Waals surface area contributed by atoms with Crippen molar-refractivity contribution in [3.8, 4) is 0 Å². The quantitative estimate of drug-likeness (QED) is 0.601. The lowest BCUT2D eigenvalue weighted by molar-refractivity contribution is 0.0953. The number of hydrogen-bond donors (Lipinski definition) is 1. The number of nitrogens with one attached hydrogen (secondary N) is 1. The number of fused-ring (bicyclic) bond motifs is 1. The third kappa shape index (κ3) is 4.46. The summed E-state index contributed by atoms with van der Waals surface area (Å²) in [7, 11) is 0. The summed E-state index contributed by atoms with van der Waals surface area (Å²) < 4.78 is 7.72. The lowest BCUT2D eigenvalue weighted by atomic mass is 10.2. The van der Waals surface area contributed by atoms with Gasteiger partial charge in [0.05, 0.1) is 23.2 Å². The highest BCUT2D eigenvalue weighted by atomic mass is 16.5. The van der Waals surface area contributed by atoms with E-state index >= 15 is 0 Å². The summed E-state index contributed by atoms with van der Waals surface area (Å²) in [6.45, 7) is 4.76. The Labute approximate surface area is 153 Å². The zero-order chi connectivity index (χ0) is 18.2. The van der Waals surface area contributed by atoms with Gasteiger partial charge in [0.15, 0.2) is 0 Å². The molecule has 0 atom stereocenters. The number of aromatic nitrogens is 3. The van der Waals surface area contributed by atoms with E-state index in [4.69, 9.17) is 9.72 Å². The van der Waals surface area contributed by atoms with Gasteiger partial charge in [-0.3, -0.25) is 9.78 Å². The molecule has 6 heteroatoms. The maximum atomic E-state index is 12.0. The van der Waals surface area contributed by atoms with Crippen LogP contribution in [0.4, 0.5) is 0 Å². The molecule has 0 saturated carbocycles. The summed E-state index contributed by atoms with van der Waals surface area (Å²) in [6.07, 6.45) is 4.85. The largest absolute Gasteiger partial charge is 0.380 e. The number of rotatable bonds is 9. The van der Waals surface area contributed by atoms with E-state index in [1.165, 1.54) is 0 Å². The molecule has 26 heavy (non-hydrogen) atoms. The number of aryl methyl sites for hydroxylation is 1. The standard InChI is InChI=1S/C20H24N4O2/c1-2-26-14-13-24-18-9-4-3-8-17(18)23-19(24)10-6-12-22-20(25)16-7-5-11-21-15-16/h3-5,7-9,11,15H,2,6,10,12-14H2,1H3,(H,22,25). The van der Waals surface area contributed by atoms with Gasteiger partial charge in [0, 0.05) is 38.5 Å². The van der Waals surface area contributed by atoms with Crippen molar-refractivity contribution in [3.63, 3.8) is 0 Å². The van der Waals surface area contributed by atoms with Crippen molar-refractivity contribution in [2.45, 2.75) is 26.3 Å². The molecular formula is C20H24N4O2. The number of nitrogens with zero attached hydrogens (tertiary/aromatic N) is 3. The number of carbonyl (C=O) groups is 1. The number of hydrogen-bond acceptors (Lipinski definition) is 4. The second-order valence-electron chi connectivity index (χ2n) is 5.97. The van der Waals surface area contributed by atoms with Gasteiger partial charge in [-0.15, -0.1) is 0 Å². The summed E-state index contributed by atoms with van der Waals surface area (Å²) >= 11 is 0. The molecule has 1 amide bonds. The van der Waals surface area contributed by atoms with E-state index in [1.807, 2.05) is 25.1 Å². The molecule has 0 bridgehead atoms. The van der Waals surface area contributed by atoms with Crippen molar-refractivity contribution in [3.05, 3.63) is 60.2 Å². The van der Waals surface area contributed by atoms with E-state index in [0.717, 1.165) is 36.2 Å². The van der Waals surface area contributed by atoms with Crippen LogP contribution < -0.4 is 5.32 Å². The molecule has 2 aromatic heterocycles. The summed E-state index contributed by atoms with van der Waals surface area (Å²) in [4.78, 5) is 20.8. The van der Waals surface area contributed by atoms with Gasteiger partial charge in [0.1, 0.15) is 5.82 Å². The third-order valence-electron chi connectivity index (χ3n) is 4.18. The van der Waals surface area contributed by atoms with Crippen LogP contribution in [0.25, 0.3) is 11.0 Å². The Balaban J connectivity index is 1.59. The van der Waals surface area contributed by atoms with Crippen molar-refractivity contribution in [2.75, 3.05) is 19.8 Å². The lowest BCUT2D eigenvalue weighted by Gasteiger charge is -2.10. The van der Waals surface area contributed by atoms with Gasteiger partial charge in [-0.25, -0.2) is 4.98 Å². The summed E-state index contributed by atoms with van der Waals surface area (Å²) in [5.74, 6) is 0.935. The highest BCUT2D eigenvalue weighted by Crippen LogP contribution is 2.17.